The van der Waals surface area contributed by atoms with Crippen molar-refractivity contribution in [2.75, 3.05) is 26.1 Å². The molecule has 8 nitrogen and oxygen atoms in total. The number of anilines is 1. The van der Waals surface area contributed by atoms with Crippen molar-refractivity contribution in [1.82, 2.24) is 4.72 Å². The lowest BCUT2D eigenvalue weighted by Gasteiger charge is -2.22. The number of halogens is 1. The number of benzene rings is 2. The van der Waals surface area contributed by atoms with Crippen LogP contribution in [0.15, 0.2) is 41.3 Å². The second-order valence-corrected chi connectivity index (χ2v) is 9.57. The predicted molar refractivity (Wildman–Crippen MR) is 122 cm³/mol. The highest BCUT2D eigenvalue weighted by Crippen LogP contribution is 2.35. The van der Waals surface area contributed by atoms with Crippen LogP contribution in [-0.2, 0) is 14.8 Å². The molecule has 0 saturated heterocycles. The zero-order valence-electron chi connectivity index (χ0n) is 18.0. The molecule has 10 heteroatoms. The van der Waals surface area contributed by atoms with E-state index in [0.29, 0.717) is 28.0 Å². The second-order valence-electron chi connectivity index (χ2n) is 7.45. The first-order valence-corrected chi connectivity index (χ1v) is 12.1. The smallest absolute Gasteiger partial charge is 0.262 e. The zero-order chi connectivity index (χ0) is 23.1. The number of methoxy groups -OCH3 is 2. The third-order valence-corrected chi connectivity index (χ3v) is 7.01. The first kappa shape index (κ1) is 24.2. The summed E-state index contributed by atoms with van der Waals surface area (Å²) in [4.78, 5) is 12.5. The van der Waals surface area contributed by atoms with Gasteiger partial charge in [0.05, 0.1) is 29.8 Å². The third-order valence-electron chi connectivity index (χ3n) is 5.18. The monoisotopic (exact) mass is 482 g/mol. The lowest BCUT2D eigenvalue weighted by Crippen LogP contribution is -2.36. The van der Waals surface area contributed by atoms with Crippen LogP contribution in [0.3, 0.4) is 0 Å². The first-order valence-electron chi connectivity index (χ1n) is 10.3. The highest BCUT2D eigenvalue weighted by Gasteiger charge is 2.22. The summed E-state index contributed by atoms with van der Waals surface area (Å²) in [6.07, 6.45) is 4.95. The Labute approximate surface area is 193 Å². The molecule has 0 atom stereocenters. The summed E-state index contributed by atoms with van der Waals surface area (Å²) in [6, 6.07) is 9.05. The molecule has 0 heterocycles. The van der Waals surface area contributed by atoms with Gasteiger partial charge >= 0.3 is 0 Å². The fraction of sp³-hybridized carbons (Fsp3) is 0.409. The predicted octanol–water partition coefficient (Wildman–Crippen LogP) is 3.99. The van der Waals surface area contributed by atoms with E-state index < -0.39 is 15.9 Å². The summed E-state index contributed by atoms with van der Waals surface area (Å²) in [7, 11) is -0.657. The SMILES string of the molecule is COc1cc(NC(=O)COc2ccc(S(=O)(=O)NC3CCCCC3)cc2)c(OC)cc1Cl. The summed E-state index contributed by atoms with van der Waals surface area (Å²) in [5.74, 6) is 0.715. The molecule has 2 aromatic rings. The Morgan fingerprint density at radius 3 is 2.31 bits per heavy atom. The van der Waals surface area contributed by atoms with Crippen LogP contribution in [0.1, 0.15) is 32.1 Å². The van der Waals surface area contributed by atoms with Crippen molar-refractivity contribution in [1.29, 1.82) is 0 Å². The van der Waals surface area contributed by atoms with Gasteiger partial charge in [-0.05, 0) is 37.1 Å². The number of carbonyl (C=O) groups excluding carboxylic acids is 1. The minimum Gasteiger partial charge on any atom is -0.495 e. The number of hydrogen-bond acceptors (Lipinski definition) is 6. The fourth-order valence-electron chi connectivity index (χ4n) is 3.52. The molecular formula is C22H27ClN2O6S. The Balaban J connectivity index is 1.57. The Morgan fingerprint density at radius 1 is 1.03 bits per heavy atom. The van der Waals surface area contributed by atoms with Crippen molar-refractivity contribution >= 4 is 33.2 Å². The van der Waals surface area contributed by atoms with Crippen molar-refractivity contribution in [3.63, 3.8) is 0 Å². The van der Waals surface area contributed by atoms with Gasteiger partial charge in [0.1, 0.15) is 17.2 Å². The van der Waals surface area contributed by atoms with Gasteiger partial charge in [0.25, 0.3) is 5.91 Å². The van der Waals surface area contributed by atoms with Gasteiger partial charge in [-0.1, -0.05) is 30.9 Å². The summed E-state index contributed by atoms with van der Waals surface area (Å²) < 4.78 is 43.8. The molecule has 2 aromatic carbocycles. The first-order chi connectivity index (χ1) is 15.3. The minimum absolute atomic E-state index is 0.0168. The fourth-order valence-corrected chi connectivity index (χ4v) is 5.05. The van der Waals surface area contributed by atoms with Crippen LogP contribution >= 0.6 is 11.6 Å². The molecule has 0 bridgehead atoms. The number of rotatable bonds is 9. The van der Waals surface area contributed by atoms with Gasteiger partial charge in [-0.2, -0.15) is 0 Å². The molecule has 0 spiro atoms. The summed E-state index contributed by atoms with van der Waals surface area (Å²) in [5, 5.41) is 3.03. The van der Waals surface area contributed by atoms with Gasteiger partial charge in [0, 0.05) is 18.2 Å². The molecule has 0 unspecified atom stereocenters. The normalized spacial score (nSPS) is 14.6. The molecule has 1 fully saturated rings. The van der Waals surface area contributed by atoms with Crippen LogP contribution in [0.25, 0.3) is 0 Å². The standard InChI is InChI=1S/C22H27ClN2O6S/c1-29-20-13-19(21(30-2)12-18(20)23)24-22(26)14-31-16-8-10-17(11-9-16)32(27,28)25-15-6-4-3-5-7-15/h8-13,15,25H,3-7,14H2,1-2H3,(H,24,26). The van der Waals surface area contributed by atoms with Crippen molar-refractivity contribution in [2.45, 2.75) is 43.0 Å². The van der Waals surface area contributed by atoms with Crippen LogP contribution in [-0.4, -0.2) is 41.2 Å². The van der Waals surface area contributed by atoms with Crippen molar-refractivity contribution in [2.24, 2.45) is 0 Å². The molecule has 1 amide bonds. The van der Waals surface area contributed by atoms with E-state index in [-0.39, 0.29) is 17.5 Å². The Hall–Kier alpha value is -2.49. The number of nitrogens with one attached hydrogen (secondary N) is 2. The van der Waals surface area contributed by atoms with Crippen LogP contribution in [0.5, 0.6) is 17.2 Å². The summed E-state index contributed by atoms with van der Waals surface area (Å²) >= 11 is 6.07. The number of carbonyl (C=O) groups is 1. The molecule has 0 radical (unpaired) electrons. The second kappa shape index (κ2) is 10.9. The van der Waals surface area contributed by atoms with Gasteiger partial charge in [0.15, 0.2) is 6.61 Å². The maximum absolute atomic E-state index is 12.6. The molecule has 3 rings (SSSR count). The van der Waals surface area contributed by atoms with Gasteiger partial charge < -0.3 is 19.5 Å². The van der Waals surface area contributed by atoms with Gasteiger partial charge in [-0.3, -0.25) is 4.79 Å². The molecule has 1 aliphatic rings. The topological polar surface area (TPSA) is 103 Å². The highest BCUT2D eigenvalue weighted by molar-refractivity contribution is 7.89. The molecule has 0 aliphatic heterocycles. The Bertz CT molecular complexity index is 1040. The van der Waals surface area contributed by atoms with Crippen LogP contribution in [0, 0.1) is 0 Å². The van der Waals surface area contributed by atoms with E-state index in [1.54, 1.807) is 6.07 Å². The van der Waals surface area contributed by atoms with Gasteiger partial charge in [-0.25, -0.2) is 13.1 Å². The van der Waals surface area contributed by atoms with E-state index in [1.807, 2.05) is 0 Å². The van der Waals surface area contributed by atoms with E-state index in [9.17, 15) is 13.2 Å². The molecular weight excluding hydrogens is 456 g/mol. The van der Waals surface area contributed by atoms with Gasteiger partial charge in [-0.15, -0.1) is 0 Å². The quantitative estimate of drug-likeness (QED) is 0.560. The van der Waals surface area contributed by atoms with Gasteiger partial charge in [0.2, 0.25) is 10.0 Å². The number of hydrogen-bond donors (Lipinski definition) is 2. The van der Waals surface area contributed by atoms with Crippen LogP contribution in [0.4, 0.5) is 5.69 Å². The lowest BCUT2D eigenvalue weighted by molar-refractivity contribution is -0.118. The zero-order valence-corrected chi connectivity index (χ0v) is 19.6. The Morgan fingerprint density at radius 2 is 1.69 bits per heavy atom. The number of amides is 1. The average Bonchev–Trinajstić information content (AvgIpc) is 2.79. The van der Waals surface area contributed by atoms with E-state index in [1.165, 1.54) is 44.6 Å². The summed E-state index contributed by atoms with van der Waals surface area (Å²) in [5.41, 5.74) is 0.387. The van der Waals surface area contributed by atoms with E-state index >= 15 is 0 Å². The van der Waals surface area contributed by atoms with Crippen LogP contribution < -0.4 is 24.2 Å². The number of sulfonamides is 1. The van der Waals surface area contributed by atoms with Crippen molar-refractivity contribution < 1.29 is 27.4 Å². The van der Waals surface area contributed by atoms with Crippen molar-refractivity contribution in [3.05, 3.63) is 41.4 Å². The third kappa shape index (κ3) is 6.27. The maximum atomic E-state index is 12.6. The molecule has 2 N–H and O–H groups in total. The maximum Gasteiger partial charge on any atom is 0.262 e. The summed E-state index contributed by atoms with van der Waals surface area (Å²) in [6.45, 7) is -0.277. The molecule has 1 saturated carbocycles. The average molecular weight is 483 g/mol. The number of ether oxygens (including phenoxy) is 3. The van der Waals surface area contributed by atoms with E-state index in [4.69, 9.17) is 25.8 Å². The molecule has 1 aliphatic carbocycles. The van der Waals surface area contributed by atoms with E-state index in [0.717, 1.165) is 32.1 Å². The Kier molecular flexibility index (Phi) is 8.22. The minimum atomic E-state index is -3.59. The molecule has 174 valence electrons. The highest BCUT2D eigenvalue weighted by atomic mass is 35.5. The van der Waals surface area contributed by atoms with Crippen molar-refractivity contribution in [3.8, 4) is 17.2 Å². The van der Waals surface area contributed by atoms with Crippen LogP contribution in [0.2, 0.25) is 5.02 Å². The molecule has 32 heavy (non-hydrogen) atoms. The molecule has 0 aromatic heterocycles. The largest absolute Gasteiger partial charge is 0.495 e. The lowest BCUT2D eigenvalue weighted by atomic mass is 9.96. The van der Waals surface area contributed by atoms with E-state index in [2.05, 4.69) is 10.0 Å².